The van der Waals surface area contributed by atoms with Crippen LogP contribution in [0.3, 0.4) is 0 Å². The first-order valence-electron chi connectivity index (χ1n) is 4.45. The normalized spacial score (nSPS) is 10.2. The smallest absolute Gasteiger partial charge is 0.248 e. The van der Waals surface area contributed by atoms with Crippen LogP contribution >= 0.6 is 0 Å². The highest BCUT2D eigenvalue weighted by atomic mass is 16.1. The van der Waals surface area contributed by atoms with E-state index in [1.54, 1.807) is 42.2 Å². The zero-order valence-corrected chi connectivity index (χ0v) is 8.21. The minimum Gasteiger partial charge on any atom is -0.366 e. The van der Waals surface area contributed by atoms with Crippen LogP contribution in [0.2, 0.25) is 0 Å². The lowest BCUT2D eigenvalue weighted by atomic mass is 10.2. The van der Waals surface area contributed by atoms with Crippen LogP contribution in [0.5, 0.6) is 0 Å². The molecule has 5 nitrogen and oxygen atoms in total. The second kappa shape index (κ2) is 3.53. The Morgan fingerprint density at radius 1 is 1.47 bits per heavy atom. The summed E-state index contributed by atoms with van der Waals surface area (Å²) in [5, 5.41) is 4.03. The molecule has 2 N–H and O–H groups in total. The Balaban J connectivity index is 2.54. The average Bonchev–Trinajstić information content (AvgIpc) is 2.69. The Bertz CT molecular complexity index is 490. The minimum absolute atomic E-state index is 0.438. The molecule has 0 aliphatic heterocycles. The summed E-state index contributed by atoms with van der Waals surface area (Å²) in [6, 6.07) is 5.05. The standard InChI is InChI=1S/C10H10N4O/c1-7-5-8(10(11)15)6-9(13-7)14-4-2-3-12-14/h2-6H,1H3,(H2,11,15). The van der Waals surface area contributed by atoms with Crippen molar-refractivity contribution in [3.8, 4) is 5.82 Å². The lowest BCUT2D eigenvalue weighted by Crippen LogP contribution is -2.13. The summed E-state index contributed by atoms with van der Waals surface area (Å²) in [5.41, 5.74) is 6.38. The number of carbonyl (C=O) groups excluding carboxylic acids is 1. The maximum absolute atomic E-state index is 11.0. The van der Waals surface area contributed by atoms with E-state index in [-0.39, 0.29) is 0 Å². The highest BCUT2D eigenvalue weighted by molar-refractivity contribution is 5.93. The van der Waals surface area contributed by atoms with Gasteiger partial charge in [-0.2, -0.15) is 5.10 Å². The fourth-order valence-electron chi connectivity index (χ4n) is 1.31. The Morgan fingerprint density at radius 2 is 2.27 bits per heavy atom. The molecule has 0 aliphatic carbocycles. The molecule has 0 unspecified atom stereocenters. The molecule has 2 aromatic heterocycles. The number of nitrogens with zero attached hydrogens (tertiary/aromatic N) is 3. The molecule has 0 atom stereocenters. The van der Waals surface area contributed by atoms with Crippen molar-refractivity contribution in [2.75, 3.05) is 0 Å². The number of primary amides is 1. The van der Waals surface area contributed by atoms with Gasteiger partial charge in [-0.1, -0.05) is 0 Å². The summed E-state index contributed by atoms with van der Waals surface area (Å²) < 4.78 is 1.58. The van der Waals surface area contributed by atoms with Crippen molar-refractivity contribution >= 4 is 5.91 Å². The fraction of sp³-hybridized carbons (Fsp3) is 0.100. The van der Waals surface area contributed by atoms with E-state index in [9.17, 15) is 4.79 Å². The first-order chi connectivity index (χ1) is 7.16. The molecular weight excluding hydrogens is 192 g/mol. The molecule has 0 spiro atoms. The van der Waals surface area contributed by atoms with E-state index in [4.69, 9.17) is 5.73 Å². The monoisotopic (exact) mass is 202 g/mol. The first-order valence-corrected chi connectivity index (χ1v) is 4.45. The number of nitrogens with two attached hydrogens (primary N) is 1. The van der Waals surface area contributed by atoms with Crippen LogP contribution in [0.1, 0.15) is 16.1 Å². The van der Waals surface area contributed by atoms with Gasteiger partial charge in [0.1, 0.15) is 0 Å². The van der Waals surface area contributed by atoms with Crippen LogP contribution in [0.4, 0.5) is 0 Å². The molecule has 1 amide bonds. The van der Waals surface area contributed by atoms with Crippen molar-refractivity contribution in [1.82, 2.24) is 14.8 Å². The second-order valence-electron chi connectivity index (χ2n) is 3.17. The van der Waals surface area contributed by atoms with Gasteiger partial charge < -0.3 is 5.73 Å². The number of amides is 1. The van der Waals surface area contributed by atoms with Gasteiger partial charge in [-0.05, 0) is 25.1 Å². The van der Waals surface area contributed by atoms with Gasteiger partial charge in [0.05, 0.1) is 0 Å². The Morgan fingerprint density at radius 3 is 2.87 bits per heavy atom. The number of aromatic nitrogens is 3. The van der Waals surface area contributed by atoms with Gasteiger partial charge in [0, 0.05) is 23.7 Å². The molecule has 0 saturated carbocycles. The molecule has 0 aliphatic rings. The molecule has 0 saturated heterocycles. The topological polar surface area (TPSA) is 73.8 Å². The maximum atomic E-state index is 11.0. The molecule has 76 valence electrons. The van der Waals surface area contributed by atoms with E-state index in [0.717, 1.165) is 5.69 Å². The molecule has 2 aromatic rings. The first kappa shape index (κ1) is 9.39. The van der Waals surface area contributed by atoms with Crippen molar-refractivity contribution in [3.63, 3.8) is 0 Å². The zero-order valence-electron chi connectivity index (χ0n) is 8.21. The van der Waals surface area contributed by atoms with E-state index >= 15 is 0 Å². The summed E-state index contributed by atoms with van der Waals surface area (Å²) >= 11 is 0. The summed E-state index contributed by atoms with van der Waals surface area (Å²) in [4.78, 5) is 15.3. The molecule has 0 fully saturated rings. The quantitative estimate of drug-likeness (QED) is 0.778. The van der Waals surface area contributed by atoms with Crippen molar-refractivity contribution in [2.45, 2.75) is 6.92 Å². The summed E-state index contributed by atoms with van der Waals surface area (Å²) in [7, 11) is 0. The predicted molar refractivity (Wildman–Crippen MR) is 54.6 cm³/mol. The number of hydrogen-bond acceptors (Lipinski definition) is 3. The van der Waals surface area contributed by atoms with Crippen LogP contribution in [0, 0.1) is 6.92 Å². The van der Waals surface area contributed by atoms with E-state index < -0.39 is 5.91 Å². The van der Waals surface area contributed by atoms with Crippen LogP contribution in [0.25, 0.3) is 5.82 Å². The summed E-state index contributed by atoms with van der Waals surface area (Å²) in [6.45, 7) is 1.80. The third-order valence-electron chi connectivity index (χ3n) is 1.96. The predicted octanol–water partition coefficient (Wildman–Crippen LogP) is 0.675. The van der Waals surface area contributed by atoms with Crippen molar-refractivity contribution in [3.05, 3.63) is 41.9 Å². The Hall–Kier alpha value is -2.17. The molecule has 15 heavy (non-hydrogen) atoms. The Kier molecular flexibility index (Phi) is 2.21. The van der Waals surface area contributed by atoms with E-state index in [1.165, 1.54) is 0 Å². The third-order valence-corrected chi connectivity index (χ3v) is 1.96. The van der Waals surface area contributed by atoms with Gasteiger partial charge in [0.25, 0.3) is 0 Å². The third kappa shape index (κ3) is 1.85. The zero-order chi connectivity index (χ0) is 10.8. The van der Waals surface area contributed by atoms with Crippen molar-refractivity contribution < 1.29 is 4.79 Å². The van der Waals surface area contributed by atoms with Gasteiger partial charge in [-0.15, -0.1) is 0 Å². The lowest BCUT2D eigenvalue weighted by Gasteiger charge is -2.03. The van der Waals surface area contributed by atoms with Gasteiger partial charge in [0.15, 0.2) is 5.82 Å². The van der Waals surface area contributed by atoms with Gasteiger partial charge in [-0.25, -0.2) is 9.67 Å². The van der Waals surface area contributed by atoms with Crippen molar-refractivity contribution in [1.29, 1.82) is 0 Å². The molecule has 0 aromatic carbocycles. The molecule has 0 radical (unpaired) electrons. The molecular formula is C10H10N4O. The summed E-state index contributed by atoms with van der Waals surface area (Å²) in [6.07, 6.45) is 3.40. The van der Waals surface area contributed by atoms with E-state index in [2.05, 4.69) is 10.1 Å². The van der Waals surface area contributed by atoms with Gasteiger partial charge in [-0.3, -0.25) is 4.79 Å². The van der Waals surface area contributed by atoms with Crippen molar-refractivity contribution in [2.24, 2.45) is 5.73 Å². The van der Waals surface area contributed by atoms with Crippen LogP contribution in [0.15, 0.2) is 30.6 Å². The highest BCUT2D eigenvalue weighted by Gasteiger charge is 2.06. The van der Waals surface area contributed by atoms with Gasteiger partial charge in [0.2, 0.25) is 5.91 Å². The molecule has 2 rings (SSSR count). The number of pyridine rings is 1. The maximum Gasteiger partial charge on any atom is 0.248 e. The lowest BCUT2D eigenvalue weighted by molar-refractivity contribution is 0.1000. The highest BCUT2D eigenvalue weighted by Crippen LogP contribution is 2.08. The second-order valence-corrected chi connectivity index (χ2v) is 3.17. The van der Waals surface area contributed by atoms with Crippen LogP contribution < -0.4 is 5.73 Å². The van der Waals surface area contributed by atoms with E-state index in [0.29, 0.717) is 11.4 Å². The largest absolute Gasteiger partial charge is 0.366 e. The van der Waals surface area contributed by atoms with E-state index in [1.807, 2.05) is 0 Å². The fourth-order valence-corrected chi connectivity index (χ4v) is 1.31. The number of rotatable bonds is 2. The number of hydrogen-bond donors (Lipinski definition) is 1. The Labute approximate surface area is 86.5 Å². The molecule has 2 heterocycles. The number of carbonyl (C=O) groups is 1. The van der Waals surface area contributed by atoms with Gasteiger partial charge >= 0.3 is 0 Å². The average molecular weight is 202 g/mol. The number of aryl methyl sites for hydroxylation is 1. The summed E-state index contributed by atoms with van der Waals surface area (Å²) in [5.74, 6) is 0.128. The molecule has 5 heteroatoms. The van der Waals surface area contributed by atoms with Crippen LogP contribution in [-0.4, -0.2) is 20.7 Å². The minimum atomic E-state index is -0.464. The molecule has 0 bridgehead atoms. The van der Waals surface area contributed by atoms with Crippen LogP contribution in [-0.2, 0) is 0 Å². The SMILES string of the molecule is Cc1cc(C(N)=O)cc(-n2cccn2)n1.